The van der Waals surface area contributed by atoms with Gasteiger partial charge in [0.1, 0.15) is 5.69 Å². The van der Waals surface area contributed by atoms with Gasteiger partial charge in [0.05, 0.1) is 5.69 Å². The zero-order chi connectivity index (χ0) is 18.6. The maximum absolute atomic E-state index is 12.8. The number of amides is 2. The third-order valence-corrected chi connectivity index (χ3v) is 5.52. The van der Waals surface area contributed by atoms with Crippen LogP contribution in [-0.2, 0) is 19.5 Å². The summed E-state index contributed by atoms with van der Waals surface area (Å²) in [5.41, 5.74) is 2.38. The second-order valence-electron chi connectivity index (χ2n) is 7.46. The molecule has 2 aromatic rings. The first-order valence-corrected chi connectivity index (χ1v) is 9.95. The molecule has 27 heavy (non-hydrogen) atoms. The highest BCUT2D eigenvalue weighted by molar-refractivity contribution is 5.97. The van der Waals surface area contributed by atoms with Gasteiger partial charge >= 0.3 is 0 Å². The first kappa shape index (κ1) is 17.8. The number of rotatable bonds is 5. The van der Waals surface area contributed by atoms with E-state index in [1.165, 1.54) is 12.8 Å². The quantitative estimate of drug-likeness (QED) is 0.854. The van der Waals surface area contributed by atoms with Crippen molar-refractivity contribution < 1.29 is 9.59 Å². The molecular formula is C21H26N4O2. The molecule has 2 heterocycles. The molecule has 0 spiro atoms. The Kier molecular flexibility index (Phi) is 5.23. The number of carbonyl (C=O) groups is 2. The fourth-order valence-electron chi connectivity index (χ4n) is 4.08. The van der Waals surface area contributed by atoms with Crippen molar-refractivity contribution in [1.82, 2.24) is 20.2 Å². The van der Waals surface area contributed by atoms with Gasteiger partial charge in [-0.1, -0.05) is 43.2 Å². The third-order valence-electron chi connectivity index (χ3n) is 5.52. The zero-order valence-electron chi connectivity index (χ0n) is 15.5. The smallest absolute Gasteiger partial charge is 0.287 e. The van der Waals surface area contributed by atoms with Crippen LogP contribution in [0.3, 0.4) is 0 Å². The summed E-state index contributed by atoms with van der Waals surface area (Å²) in [6.45, 7) is 1.19. The van der Waals surface area contributed by atoms with Crippen LogP contribution in [0.5, 0.6) is 0 Å². The molecule has 142 valence electrons. The minimum atomic E-state index is -0.220. The summed E-state index contributed by atoms with van der Waals surface area (Å²) in [4.78, 5) is 30.0. The molecule has 6 nitrogen and oxygen atoms in total. The lowest BCUT2D eigenvalue weighted by Crippen LogP contribution is -2.33. The molecule has 6 heteroatoms. The molecule has 1 aliphatic carbocycles. The number of nitrogens with zero attached hydrogens (tertiary/aromatic N) is 2. The second kappa shape index (κ2) is 7.94. The molecule has 0 saturated heterocycles. The van der Waals surface area contributed by atoms with Crippen LogP contribution >= 0.6 is 0 Å². The molecule has 1 aromatic heterocycles. The van der Waals surface area contributed by atoms with Crippen LogP contribution in [0.15, 0.2) is 30.3 Å². The SMILES string of the molecule is O=C(NC1CCCC1)c1nc(C(=O)NCc2ccccc2)n2c1CCCC2. The van der Waals surface area contributed by atoms with Gasteiger partial charge in [-0.15, -0.1) is 0 Å². The van der Waals surface area contributed by atoms with Crippen molar-refractivity contribution in [2.45, 2.75) is 64.1 Å². The average molecular weight is 366 g/mol. The molecule has 2 N–H and O–H groups in total. The maximum atomic E-state index is 12.8. The molecule has 1 fully saturated rings. The molecule has 1 aliphatic heterocycles. The standard InChI is InChI=1S/C21H26N4O2/c26-20(23-16-10-4-5-11-16)18-17-12-6-7-13-25(17)19(24-18)21(27)22-14-15-8-2-1-3-9-15/h1-3,8-9,16H,4-7,10-14H2,(H,22,27)(H,23,26). The number of aromatic nitrogens is 2. The van der Waals surface area contributed by atoms with Crippen LogP contribution in [0.1, 0.15) is 70.9 Å². The largest absolute Gasteiger partial charge is 0.348 e. The first-order valence-electron chi connectivity index (χ1n) is 9.95. The van der Waals surface area contributed by atoms with Crippen LogP contribution < -0.4 is 10.6 Å². The molecule has 4 rings (SSSR count). The van der Waals surface area contributed by atoms with E-state index in [1.807, 2.05) is 34.9 Å². The van der Waals surface area contributed by atoms with Gasteiger partial charge in [-0.05, 0) is 37.7 Å². The second-order valence-corrected chi connectivity index (χ2v) is 7.46. The van der Waals surface area contributed by atoms with Crippen molar-refractivity contribution in [3.05, 3.63) is 53.1 Å². The Morgan fingerprint density at radius 3 is 2.59 bits per heavy atom. The van der Waals surface area contributed by atoms with Crippen LogP contribution in [0.25, 0.3) is 0 Å². The van der Waals surface area contributed by atoms with Crippen molar-refractivity contribution in [2.24, 2.45) is 0 Å². The van der Waals surface area contributed by atoms with Crippen molar-refractivity contribution >= 4 is 11.8 Å². The fourth-order valence-corrected chi connectivity index (χ4v) is 4.08. The first-order chi connectivity index (χ1) is 13.2. The Bertz CT molecular complexity index is 822. The number of imidazole rings is 1. The van der Waals surface area contributed by atoms with E-state index >= 15 is 0 Å². The van der Waals surface area contributed by atoms with Gasteiger partial charge in [-0.25, -0.2) is 4.98 Å². The van der Waals surface area contributed by atoms with Gasteiger partial charge in [0.2, 0.25) is 0 Å². The van der Waals surface area contributed by atoms with Gasteiger partial charge in [0.15, 0.2) is 5.82 Å². The number of benzene rings is 1. The lowest BCUT2D eigenvalue weighted by Gasteiger charge is -2.17. The van der Waals surface area contributed by atoms with Gasteiger partial charge in [0.25, 0.3) is 11.8 Å². The van der Waals surface area contributed by atoms with Gasteiger partial charge in [0, 0.05) is 19.1 Å². The lowest BCUT2D eigenvalue weighted by atomic mass is 10.1. The highest BCUT2D eigenvalue weighted by Crippen LogP contribution is 2.23. The number of nitrogens with one attached hydrogen (secondary N) is 2. The Hall–Kier alpha value is -2.63. The number of hydrogen-bond acceptors (Lipinski definition) is 3. The van der Waals surface area contributed by atoms with Gasteiger partial charge in [-0.3, -0.25) is 9.59 Å². The van der Waals surface area contributed by atoms with E-state index in [0.717, 1.165) is 49.9 Å². The summed E-state index contributed by atoms with van der Waals surface area (Å²) < 4.78 is 1.94. The highest BCUT2D eigenvalue weighted by Gasteiger charge is 2.28. The van der Waals surface area contributed by atoms with Crippen molar-refractivity contribution in [2.75, 3.05) is 0 Å². The molecule has 0 unspecified atom stereocenters. The van der Waals surface area contributed by atoms with Crippen LogP contribution in [0.4, 0.5) is 0 Å². The van der Waals surface area contributed by atoms with E-state index in [4.69, 9.17) is 0 Å². The molecule has 2 aliphatic rings. The van der Waals surface area contributed by atoms with Crippen LogP contribution in [0.2, 0.25) is 0 Å². The summed E-state index contributed by atoms with van der Waals surface area (Å²) in [7, 11) is 0. The lowest BCUT2D eigenvalue weighted by molar-refractivity contribution is 0.0931. The predicted octanol–water partition coefficient (Wildman–Crippen LogP) is 2.82. The molecular weight excluding hydrogens is 340 g/mol. The molecule has 1 saturated carbocycles. The normalized spacial score (nSPS) is 16.7. The van der Waals surface area contributed by atoms with E-state index < -0.39 is 0 Å². The number of carbonyl (C=O) groups excluding carboxylic acids is 2. The third kappa shape index (κ3) is 3.89. The number of fused-ring (bicyclic) bond motifs is 1. The van der Waals surface area contributed by atoms with Crippen LogP contribution in [0, 0.1) is 0 Å². The topological polar surface area (TPSA) is 76.0 Å². The van der Waals surface area contributed by atoms with Crippen molar-refractivity contribution in [3.8, 4) is 0 Å². The summed E-state index contributed by atoms with van der Waals surface area (Å²) in [5, 5.41) is 6.05. The zero-order valence-corrected chi connectivity index (χ0v) is 15.5. The molecule has 2 amide bonds. The maximum Gasteiger partial charge on any atom is 0.287 e. The Morgan fingerprint density at radius 1 is 1.04 bits per heavy atom. The highest BCUT2D eigenvalue weighted by atomic mass is 16.2. The molecule has 0 radical (unpaired) electrons. The van der Waals surface area contributed by atoms with Crippen LogP contribution in [-0.4, -0.2) is 27.4 Å². The van der Waals surface area contributed by atoms with Gasteiger partial charge < -0.3 is 15.2 Å². The predicted molar refractivity (Wildman–Crippen MR) is 102 cm³/mol. The van der Waals surface area contributed by atoms with E-state index in [1.54, 1.807) is 0 Å². The minimum absolute atomic E-state index is 0.130. The van der Waals surface area contributed by atoms with Crippen molar-refractivity contribution in [1.29, 1.82) is 0 Å². The van der Waals surface area contributed by atoms with Crippen molar-refractivity contribution in [3.63, 3.8) is 0 Å². The summed E-state index contributed by atoms with van der Waals surface area (Å²) in [6.07, 6.45) is 7.23. The molecule has 1 aromatic carbocycles. The average Bonchev–Trinajstić information content (AvgIpc) is 3.34. The van der Waals surface area contributed by atoms with E-state index in [0.29, 0.717) is 18.1 Å². The fraction of sp³-hybridized carbons (Fsp3) is 0.476. The van der Waals surface area contributed by atoms with E-state index in [2.05, 4.69) is 15.6 Å². The molecule has 0 atom stereocenters. The monoisotopic (exact) mass is 366 g/mol. The van der Waals surface area contributed by atoms with E-state index in [-0.39, 0.29) is 17.9 Å². The van der Waals surface area contributed by atoms with E-state index in [9.17, 15) is 9.59 Å². The summed E-state index contributed by atoms with van der Waals surface area (Å²) >= 11 is 0. The Balaban J connectivity index is 1.52. The Labute approximate surface area is 159 Å². The minimum Gasteiger partial charge on any atom is -0.348 e. The molecule has 0 bridgehead atoms. The summed E-state index contributed by atoms with van der Waals surface area (Å²) in [5.74, 6) is 0.00813. The Morgan fingerprint density at radius 2 is 1.81 bits per heavy atom. The number of hydrogen-bond donors (Lipinski definition) is 2. The van der Waals surface area contributed by atoms with Gasteiger partial charge in [-0.2, -0.15) is 0 Å². The summed E-state index contributed by atoms with van der Waals surface area (Å²) in [6, 6.07) is 10.0.